The first-order chi connectivity index (χ1) is 10.2. The van der Waals surface area contributed by atoms with Crippen molar-refractivity contribution in [2.75, 3.05) is 19.8 Å². The molecule has 0 radical (unpaired) electrons. The molecule has 1 rings (SSSR count). The standard InChI is InChI=1S/C16H30O5/c1-2-3-4-5-6-7-8-9-10-20-16-14(11-17)21-12-13(18)15(16)19/h8-9,13-19H,2-7,10-12H2,1H3/b9-8+/t13-,14+,15+,16+/m0/s1. The van der Waals surface area contributed by atoms with Gasteiger partial charge in [0.15, 0.2) is 0 Å². The van der Waals surface area contributed by atoms with E-state index in [4.69, 9.17) is 9.47 Å². The molecule has 4 atom stereocenters. The molecule has 1 aliphatic heterocycles. The predicted molar refractivity (Wildman–Crippen MR) is 81.1 cm³/mol. The van der Waals surface area contributed by atoms with Gasteiger partial charge in [0.1, 0.15) is 24.4 Å². The molecule has 5 nitrogen and oxygen atoms in total. The van der Waals surface area contributed by atoms with E-state index in [0.717, 1.165) is 6.42 Å². The van der Waals surface area contributed by atoms with Crippen LogP contribution in [-0.2, 0) is 9.47 Å². The van der Waals surface area contributed by atoms with E-state index >= 15 is 0 Å². The number of ether oxygens (including phenoxy) is 2. The average molecular weight is 302 g/mol. The molecular formula is C16H30O5. The number of unbranched alkanes of at least 4 members (excludes halogenated alkanes) is 5. The predicted octanol–water partition coefficient (Wildman–Crippen LogP) is 1.40. The molecule has 21 heavy (non-hydrogen) atoms. The lowest BCUT2D eigenvalue weighted by molar-refractivity contribution is -0.208. The molecule has 0 aromatic rings. The number of aliphatic hydroxyl groups is 3. The normalized spacial score (nSPS) is 30.1. The summed E-state index contributed by atoms with van der Waals surface area (Å²) in [7, 11) is 0. The van der Waals surface area contributed by atoms with Crippen molar-refractivity contribution in [1.82, 2.24) is 0 Å². The third-order valence-corrected chi connectivity index (χ3v) is 3.78. The summed E-state index contributed by atoms with van der Waals surface area (Å²) in [6, 6.07) is 0. The second kappa shape index (κ2) is 11.2. The molecule has 0 amide bonds. The van der Waals surface area contributed by atoms with Crippen molar-refractivity contribution in [1.29, 1.82) is 0 Å². The van der Waals surface area contributed by atoms with Crippen LogP contribution in [0.4, 0.5) is 0 Å². The van der Waals surface area contributed by atoms with E-state index in [1.165, 1.54) is 32.1 Å². The van der Waals surface area contributed by atoms with Crippen molar-refractivity contribution in [3.8, 4) is 0 Å². The number of hydrogen-bond acceptors (Lipinski definition) is 5. The fourth-order valence-corrected chi connectivity index (χ4v) is 2.44. The molecule has 1 aliphatic rings. The van der Waals surface area contributed by atoms with Crippen molar-refractivity contribution in [2.45, 2.75) is 69.9 Å². The quantitative estimate of drug-likeness (QED) is 0.420. The molecule has 3 N–H and O–H groups in total. The summed E-state index contributed by atoms with van der Waals surface area (Å²) in [5, 5.41) is 28.6. The Morgan fingerprint density at radius 1 is 1.14 bits per heavy atom. The number of hydrogen-bond donors (Lipinski definition) is 3. The summed E-state index contributed by atoms with van der Waals surface area (Å²) in [4.78, 5) is 0. The molecule has 1 fully saturated rings. The Hall–Kier alpha value is -0.460. The summed E-state index contributed by atoms with van der Waals surface area (Å²) in [5.41, 5.74) is 0. The Morgan fingerprint density at radius 2 is 1.90 bits per heavy atom. The van der Waals surface area contributed by atoms with Gasteiger partial charge < -0.3 is 24.8 Å². The summed E-state index contributed by atoms with van der Waals surface area (Å²) in [6.45, 7) is 2.36. The minimum atomic E-state index is -1.02. The van der Waals surface area contributed by atoms with Crippen LogP contribution in [0.3, 0.4) is 0 Å². The van der Waals surface area contributed by atoms with E-state index in [1.54, 1.807) is 0 Å². The Balaban J connectivity index is 2.17. The SMILES string of the molecule is CCCCCCC/C=C/CO[C@H]1[C@H](O)[C@@H](O)CO[C@@H]1CO. The van der Waals surface area contributed by atoms with Crippen LogP contribution in [0.15, 0.2) is 12.2 Å². The van der Waals surface area contributed by atoms with Crippen molar-refractivity contribution >= 4 is 0 Å². The smallest absolute Gasteiger partial charge is 0.115 e. The zero-order valence-electron chi connectivity index (χ0n) is 13.0. The lowest BCUT2D eigenvalue weighted by Gasteiger charge is -2.37. The van der Waals surface area contributed by atoms with E-state index in [0.29, 0.717) is 6.61 Å². The highest BCUT2D eigenvalue weighted by atomic mass is 16.6. The minimum Gasteiger partial charge on any atom is -0.394 e. The topological polar surface area (TPSA) is 79.2 Å². The van der Waals surface area contributed by atoms with Gasteiger partial charge in [-0.15, -0.1) is 0 Å². The van der Waals surface area contributed by atoms with Crippen LogP contribution in [-0.4, -0.2) is 59.6 Å². The van der Waals surface area contributed by atoms with Gasteiger partial charge in [-0.2, -0.15) is 0 Å². The van der Waals surface area contributed by atoms with Gasteiger partial charge in [-0.25, -0.2) is 0 Å². The van der Waals surface area contributed by atoms with Crippen LogP contribution in [0.2, 0.25) is 0 Å². The number of rotatable bonds is 10. The van der Waals surface area contributed by atoms with Gasteiger partial charge in [0, 0.05) is 0 Å². The van der Waals surface area contributed by atoms with Crippen LogP contribution in [0.25, 0.3) is 0 Å². The summed E-state index contributed by atoms with van der Waals surface area (Å²) >= 11 is 0. The second-order valence-corrected chi connectivity index (χ2v) is 5.58. The molecule has 1 heterocycles. The van der Waals surface area contributed by atoms with Gasteiger partial charge >= 0.3 is 0 Å². The Morgan fingerprint density at radius 3 is 2.62 bits per heavy atom. The Kier molecular flexibility index (Phi) is 9.87. The molecule has 124 valence electrons. The van der Waals surface area contributed by atoms with E-state index in [2.05, 4.69) is 13.0 Å². The Bertz CT molecular complexity index is 280. The van der Waals surface area contributed by atoms with Gasteiger partial charge in [-0.05, 0) is 12.8 Å². The maximum Gasteiger partial charge on any atom is 0.115 e. The van der Waals surface area contributed by atoms with Crippen molar-refractivity contribution in [2.24, 2.45) is 0 Å². The van der Waals surface area contributed by atoms with Gasteiger partial charge in [-0.1, -0.05) is 44.8 Å². The van der Waals surface area contributed by atoms with Crippen molar-refractivity contribution < 1.29 is 24.8 Å². The fourth-order valence-electron chi connectivity index (χ4n) is 2.44. The first-order valence-electron chi connectivity index (χ1n) is 8.05. The summed E-state index contributed by atoms with van der Waals surface area (Å²) in [5.74, 6) is 0. The van der Waals surface area contributed by atoms with Crippen LogP contribution in [0.5, 0.6) is 0 Å². The molecule has 1 saturated heterocycles. The molecule has 0 aromatic heterocycles. The van der Waals surface area contributed by atoms with Crippen molar-refractivity contribution in [3.63, 3.8) is 0 Å². The zero-order valence-corrected chi connectivity index (χ0v) is 13.0. The molecule has 0 unspecified atom stereocenters. The van der Waals surface area contributed by atoms with E-state index < -0.39 is 24.4 Å². The number of allylic oxidation sites excluding steroid dienone is 1. The maximum atomic E-state index is 9.87. The lowest BCUT2D eigenvalue weighted by Crippen LogP contribution is -2.55. The van der Waals surface area contributed by atoms with Gasteiger partial charge in [0.2, 0.25) is 0 Å². The second-order valence-electron chi connectivity index (χ2n) is 5.58. The third kappa shape index (κ3) is 6.89. The molecular weight excluding hydrogens is 272 g/mol. The fraction of sp³-hybridized carbons (Fsp3) is 0.875. The molecule has 0 aliphatic carbocycles. The molecule has 0 bridgehead atoms. The van der Waals surface area contributed by atoms with Gasteiger partial charge in [0.25, 0.3) is 0 Å². The summed E-state index contributed by atoms with van der Waals surface area (Å²) < 4.78 is 10.8. The van der Waals surface area contributed by atoms with Gasteiger partial charge in [0.05, 0.1) is 19.8 Å². The van der Waals surface area contributed by atoms with Crippen LogP contribution in [0.1, 0.15) is 45.4 Å². The maximum absolute atomic E-state index is 9.87. The number of aliphatic hydroxyl groups excluding tert-OH is 3. The average Bonchev–Trinajstić information content (AvgIpc) is 2.49. The Labute approximate surface area is 127 Å². The third-order valence-electron chi connectivity index (χ3n) is 3.78. The highest BCUT2D eigenvalue weighted by Gasteiger charge is 2.38. The van der Waals surface area contributed by atoms with Crippen molar-refractivity contribution in [3.05, 3.63) is 12.2 Å². The monoisotopic (exact) mass is 302 g/mol. The summed E-state index contributed by atoms with van der Waals surface area (Å²) in [6.07, 6.45) is 8.08. The molecule has 0 spiro atoms. The highest BCUT2D eigenvalue weighted by molar-refractivity contribution is 4.89. The zero-order chi connectivity index (χ0) is 15.5. The minimum absolute atomic E-state index is 0.0276. The van der Waals surface area contributed by atoms with Crippen LogP contribution < -0.4 is 0 Å². The van der Waals surface area contributed by atoms with E-state index in [9.17, 15) is 15.3 Å². The largest absolute Gasteiger partial charge is 0.394 e. The molecule has 0 aromatic carbocycles. The van der Waals surface area contributed by atoms with Gasteiger partial charge in [-0.3, -0.25) is 0 Å². The van der Waals surface area contributed by atoms with E-state index in [-0.39, 0.29) is 13.2 Å². The first-order valence-corrected chi connectivity index (χ1v) is 8.05. The first kappa shape index (κ1) is 18.6. The van der Waals surface area contributed by atoms with E-state index in [1.807, 2.05) is 6.08 Å². The molecule has 5 heteroatoms. The lowest BCUT2D eigenvalue weighted by atomic mass is 10.0. The van der Waals surface area contributed by atoms with Crippen LogP contribution >= 0.6 is 0 Å². The molecule has 0 saturated carbocycles. The van der Waals surface area contributed by atoms with Crippen LogP contribution in [0, 0.1) is 0 Å². The highest BCUT2D eigenvalue weighted by Crippen LogP contribution is 2.18.